The molecule has 0 radical (unpaired) electrons. The molecule has 5 nitrogen and oxygen atoms in total. The summed E-state index contributed by atoms with van der Waals surface area (Å²) >= 11 is 0. The van der Waals surface area contributed by atoms with Crippen molar-refractivity contribution in [3.63, 3.8) is 0 Å². The standard InChI is InChI=1S/C17H25O5P.Na/c1-11(13-7-8-13)15-5-4-6-16(12(2)14-9-10-14)17(15)21-22-23(18,19)20-3;/h4-6,11-14H,7-10H2,1-3H3,(H,18,19);/q;+1/p-1. The fourth-order valence-corrected chi connectivity index (χ4v) is 3.43. The molecule has 0 heterocycles. The van der Waals surface area contributed by atoms with Gasteiger partial charge in [-0.25, -0.2) is 0 Å². The number of hydrogen-bond acceptors (Lipinski definition) is 5. The summed E-state index contributed by atoms with van der Waals surface area (Å²) in [6, 6.07) is 6.04. The Labute approximate surface area is 165 Å². The molecule has 128 valence electrons. The van der Waals surface area contributed by atoms with Crippen molar-refractivity contribution >= 4 is 7.82 Å². The number of phosphoric ester groups is 1. The summed E-state index contributed by atoms with van der Waals surface area (Å²) in [5.74, 6) is 2.50. The van der Waals surface area contributed by atoms with Crippen molar-refractivity contribution in [2.75, 3.05) is 7.11 Å². The van der Waals surface area contributed by atoms with Crippen LogP contribution in [0.3, 0.4) is 0 Å². The van der Waals surface area contributed by atoms with Crippen molar-refractivity contribution < 1.29 is 53.1 Å². The molecule has 2 aliphatic carbocycles. The van der Waals surface area contributed by atoms with E-state index < -0.39 is 7.82 Å². The molecule has 0 N–H and O–H groups in total. The van der Waals surface area contributed by atoms with E-state index in [2.05, 4.69) is 23.0 Å². The second-order valence-corrected chi connectivity index (χ2v) is 8.21. The molecule has 2 saturated carbocycles. The Morgan fingerprint density at radius 3 is 1.92 bits per heavy atom. The monoisotopic (exact) mass is 362 g/mol. The quantitative estimate of drug-likeness (QED) is 0.300. The zero-order chi connectivity index (χ0) is 16.6. The first kappa shape index (κ1) is 20.4. The van der Waals surface area contributed by atoms with Crippen molar-refractivity contribution in [1.29, 1.82) is 0 Å². The number of hydrogen-bond donors (Lipinski definition) is 0. The molecule has 1 aromatic carbocycles. The smallest absolute Gasteiger partial charge is 0.754 e. The van der Waals surface area contributed by atoms with Crippen LogP contribution in [0.1, 0.15) is 62.5 Å². The summed E-state index contributed by atoms with van der Waals surface area (Å²) in [6.45, 7) is 4.33. The van der Waals surface area contributed by atoms with Gasteiger partial charge in [0.15, 0.2) is 5.75 Å². The second kappa shape index (κ2) is 8.22. The molecular weight excluding hydrogens is 338 g/mol. The SMILES string of the molecule is COP(=O)([O-])OOc1c(C(C)C2CC2)cccc1C(C)C1CC1.[Na+]. The average Bonchev–Trinajstić information content (AvgIpc) is 3.41. The largest absolute Gasteiger partial charge is 1.00 e. The summed E-state index contributed by atoms with van der Waals surface area (Å²) in [5.41, 5.74) is 2.04. The fraction of sp³-hybridized carbons (Fsp3) is 0.647. The molecule has 7 heteroatoms. The van der Waals surface area contributed by atoms with Crippen molar-refractivity contribution in [2.45, 2.75) is 51.4 Å². The summed E-state index contributed by atoms with van der Waals surface area (Å²) in [4.78, 5) is 16.8. The molecule has 24 heavy (non-hydrogen) atoms. The number of para-hydroxylation sites is 1. The van der Waals surface area contributed by atoms with Gasteiger partial charge in [0.25, 0.3) is 0 Å². The molecule has 0 aliphatic heterocycles. The molecule has 0 spiro atoms. The Bertz CT molecular complexity index is 579. The van der Waals surface area contributed by atoms with Crippen LogP contribution in [0.4, 0.5) is 0 Å². The average molecular weight is 362 g/mol. The molecule has 3 unspecified atom stereocenters. The van der Waals surface area contributed by atoms with Gasteiger partial charge in [-0.05, 0) is 49.4 Å². The minimum absolute atomic E-state index is 0. The predicted molar refractivity (Wildman–Crippen MR) is 85.0 cm³/mol. The minimum Gasteiger partial charge on any atom is -0.754 e. The Hall–Kier alpha value is 0.130. The molecule has 0 saturated heterocycles. The van der Waals surface area contributed by atoms with Gasteiger partial charge >= 0.3 is 37.4 Å². The van der Waals surface area contributed by atoms with Gasteiger partial charge in [-0.1, -0.05) is 32.0 Å². The Balaban J connectivity index is 0.00000208. The molecule has 0 bridgehead atoms. The van der Waals surface area contributed by atoms with E-state index in [0.29, 0.717) is 29.4 Å². The van der Waals surface area contributed by atoms with Gasteiger partial charge in [-0.2, -0.15) is 0 Å². The Morgan fingerprint density at radius 1 is 1.08 bits per heavy atom. The van der Waals surface area contributed by atoms with Gasteiger partial charge in [-0.15, -0.1) is 4.67 Å². The van der Waals surface area contributed by atoms with Gasteiger partial charge in [0.1, 0.15) is 0 Å². The first-order chi connectivity index (χ1) is 10.9. The van der Waals surface area contributed by atoms with Gasteiger partial charge < -0.3 is 14.3 Å². The normalized spacial score (nSPS) is 22.2. The molecule has 3 atom stereocenters. The van der Waals surface area contributed by atoms with Crippen LogP contribution in [0.25, 0.3) is 0 Å². The van der Waals surface area contributed by atoms with Crippen molar-refractivity contribution in [3.05, 3.63) is 29.3 Å². The van der Waals surface area contributed by atoms with Gasteiger partial charge in [0.2, 0.25) is 0 Å². The maximum atomic E-state index is 11.5. The van der Waals surface area contributed by atoms with E-state index in [4.69, 9.17) is 4.89 Å². The van der Waals surface area contributed by atoms with Crippen molar-refractivity contribution in [3.8, 4) is 5.75 Å². The third-order valence-corrected chi connectivity index (χ3v) is 5.86. The topological polar surface area (TPSA) is 67.8 Å². The molecule has 0 aromatic heterocycles. The maximum absolute atomic E-state index is 11.5. The van der Waals surface area contributed by atoms with Crippen molar-refractivity contribution in [1.82, 2.24) is 0 Å². The van der Waals surface area contributed by atoms with E-state index >= 15 is 0 Å². The van der Waals surface area contributed by atoms with Gasteiger partial charge in [0, 0.05) is 18.2 Å². The van der Waals surface area contributed by atoms with Crippen molar-refractivity contribution in [2.24, 2.45) is 11.8 Å². The second-order valence-electron chi connectivity index (χ2n) is 6.81. The van der Waals surface area contributed by atoms with Crippen LogP contribution >= 0.6 is 7.82 Å². The molecule has 2 aliphatic rings. The summed E-state index contributed by atoms with van der Waals surface area (Å²) in [5, 5.41) is 0. The summed E-state index contributed by atoms with van der Waals surface area (Å²) in [7, 11) is -3.37. The third-order valence-electron chi connectivity index (χ3n) is 5.15. The van der Waals surface area contributed by atoms with E-state index in [9.17, 15) is 9.46 Å². The molecule has 2 fully saturated rings. The van der Waals surface area contributed by atoms with Crippen LogP contribution in [-0.4, -0.2) is 7.11 Å². The maximum Gasteiger partial charge on any atom is 1.00 e. The summed E-state index contributed by atoms with van der Waals surface area (Å²) < 4.78 is 20.4. The van der Waals surface area contributed by atoms with E-state index in [1.807, 2.05) is 18.2 Å². The van der Waals surface area contributed by atoms with Crippen LogP contribution in [0.2, 0.25) is 0 Å². The zero-order valence-electron chi connectivity index (χ0n) is 14.9. The molecule has 3 rings (SSSR count). The summed E-state index contributed by atoms with van der Waals surface area (Å²) in [6.07, 6.45) is 4.84. The first-order valence-corrected chi connectivity index (χ1v) is 9.75. The predicted octanol–water partition coefficient (Wildman–Crippen LogP) is 1.14. The van der Waals surface area contributed by atoms with Gasteiger partial charge in [-0.3, -0.25) is 4.57 Å². The van der Waals surface area contributed by atoms with Crippen LogP contribution in [0, 0.1) is 11.8 Å². The van der Waals surface area contributed by atoms with E-state index in [1.54, 1.807) is 0 Å². The van der Waals surface area contributed by atoms with E-state index in [0.717, 1.165) is 18.2 Å². The first-order valence-electron chi connectivity index (χ1n) is 8.29. The van der Waals surface area contributed by atoms with Crippen LogP contribution in [0.5, 0.6) is 5.75 Å². The van der Waals surface area contributed by atoms with Gasteiger partial charge in [0.05, 0.1) is 0 Å². The zero-order valence-corrected chi connectivity index (χ0v) is 17.8. The Kier molecular flexibility index (Phi) is 7.00. The number of phosphoric acid groups is 1. The van der Waals surface area contributed by atoms with Crippen LogP contribution in [-0.2, 0) is 13.8 Å². The molecular formula is C17H24NaO5P. The molecule has 1 aromatic rings. The fourth-order valence-electron chi connectivity index (χ4n) is 3.20. The van der Waals surface area contributed by atoms with E-state index in [-0.39, 0.29) is 29.6 Å². The number of benzene rings is 1. The number of rotatable bonds is 8. The molecule has 0 amide bonds. The van der Waals surface area contributed by atoms with Crippen LogP contribution in [0.15, 0.2) is 18.2 Å². The third kappa shape index (κ3) is 4.85. The van der Waals surface area contributed by atoms with Crippen LogP contribution < -0.4 is 39.3 Å². The van der Waals surface area contributed by atoms with E-state index in [1.165, 1.54) is 25.7 Å². The Morgan fingerprint density at radius 2 is 1.54 bits per heavy atom. The minimum atomic E-state index is -4.43.